The summed E-state index contributed by atoms with van der Waals surface area (Å²) in [5, 5.41) is 74.3. The predicted octanol–water partition coefficient (Wildman–Crippen LogP) is 0.305. The Kier molecular flexibility index (Phi) is 44.3. The molecule has 0 saturated heterocycles. The summed E-state index contributed by atoms with van der Waals surface area (Å²) in [6, 6.07) is 3.32. The summed E-state index contributed by atoms with van der Waals surface area (Å²) in [5.41, 5.74) is 24.0. The second-order valence-corrected chi connectivity index (χ2v) is 30.8. The molecule has 1 aliphatic rings. The molecule has 15 atom stereocenters. The number of aliphatic carboxylic acids is 3. The van der Waals surface area contributed by atoms with Crippen LogP contribution in [0.15, 0.2) is 96.4 Å². The van der Waals surface area contributed by atoms with Crippen molar-refractivity contribution in [2.24, 2.45) is 51.6 Å². The molecule has 41 heteroatoms. The SMILES string of the molecule is CCC(C)C(N)C1=NC(C(=O)N[C@@H](CC(C)C)C(=O)N[C@H](CCC(=O)O)C(=O)N[C@H](C(=O)N[C@@H](CCCCN)C(=O)N[C@H](CCCN)C(=O)N[C@H](C(=O)N[C@H](Cc2ccccc2)C(=O)N[C@@H](Cc2cnc[nH]2)C(=O)N[C@H](CC(=O)O)C(=O)N[C@@H](CC(N)=O)C(=O)O)[C@@H](C)CC)[C@@H](C)CC)CS1.O=C(OCOC(=O)c1ccccc1O)c1ccccc1O. The number of nitrogens with one attached hydrogen (secondary N) is 11. The fourth-order valence-corrected chi connectivity index (χ4v) is 13.3. The monoisotopic (exact) mass is 1730 g/mol. The number of benzene rings is 3. The van der Waals surface area contributed by atoms with Gasteiger partial charge in [-0.25, -0.2) is 19.4 Å². The number of carboxylic acids is 3. The van der Waals surface area contributed by atoms with Crippen LogP contribution in [0.3, 0.4) is 0 Å². The van der Waals surface area contributed by atoms with Gasteiger partial charge in [0.15, 0.2) is 0 Å². The number of carbonyl (C=O) groups excluding carboxylic acids is 13. The number of aliphatic imine (C=N–C) groups is 1. The van der Waals surface area contributed by atoms with Crippen molar-refractivity contribution < 1.29 is 112 Å². The number of aromatic hydroxyl groups is 2. The number of para-hydroxylation sites is 2. The number of esters is 2. The number of rotatable bonds is 52. The average molecular weight is 1730 g/mol. The number of amides is 11. The highest BCUT2D eigenvalue weighted by atomic mass is 32.2. The molecular weight excluding hydrogens is 1610 g/mol. The van der Waals surface area contributed by atoms with Crippen molar-refractivity contribution in [3.05, 3.63) is 114 Å². The molecule has 1 aromatic heterocycles. The van der Waals surface area contributed by atoms with Crippen LogP contribution in [-0.4, -0.2) is 234 Å². The minimum atomic E-state index is -1.97. The van der Waals surface area contributed by atoms with Gasteiger partial charge in [0.2, 0.25) is 71.8 Å². The zero-order valence-electron chi connectivity index (χ0n) is 69.5. The summed E-state index contributed by atoms with van der Waals surface area (Å²) in [6.45, 7) is 14.0. The largest absolute Gasteiger partial charge is 0.507 e. The number of thioether (sulfide) groups is 1. The van der Waals surface area contributed by atoms with Crippen LogP contribution in [-0.2, 0) is 89.4 Å². The van der Waals surface area contributed by atoms with Gasteiger partial charge in [0.1, 0.15) is 89.1 Å². The molecule has 3 unspecified atom stereocenters. The Morgan fingerprint density at radius 3 is 1.42 bits per heavy atom. The molecule has 11 amide bonds. The Morgan fingerprint density at radius 1 is 0.500 bits per heavy atom. The number of aromatic amines is 1. The van der Waals surface area contributed by atoms with Gasteiger partial charge >= 0.3 is 29.8 Å². The van der Waals surface area contributed by atoms with Crippen molar-refractivity contribution in [1.82, 2.24) is 63.1 Å². The molecule has 1 aliphatic heterocycles. The lowest BCUT2D eigenvalue weighted by atomic mass is 9.96. The van der Waals surface area contributed by atoms with Crippen molar-refractivity contribution >= 4 is 112 Å². The van der Waals surface area contributed by atoms with Crippen LogP contribution < -0.4 is 76.1 Å². The van der Waals surface area contributed by atoms with Gasteiger partial charge in [-0.2, -0.15) is 0 Å². The number of hydrogen-bond donors (Lipinski definition) is 20. The highest BCUT2D eigenvalue weighted by Gasteiger charge is 2.40. The second-order valence-electron chi connectivity index (χ2n) is 29.8. The van der Waals surface area contributed by atoms with E-state index in [1.807, 2.05) is 33.0 Å². The number of phenols is 2. The second kappa shape index (κ2) is 52.8. The molecule has 670 valence electrons. The van der Waals surface area contributed by atoms with Gasteiger partial charge in [-0.1, -0.05) is 129 Å². The Balaban J connectivity index is 0.00000128. The highest BCUT2D eigenvalue weighted by Crippen LogP contribution is 2.26. The first-order valence-electron chi connectivity index (χ1n) is 40.1. The molecule has 24 N–H and O–H groups in total. The van der Waals surface area contributed by atoms with E-state index in [2.05, 4.69) is 62.8 Å². The van der Waals surface area contributed by atoms with E-state index in [0.29, 0.717) is 22.8 Å². The topological polar surface area (TPSA) is 658 Å². The summed E-state index contributed by atoms with van der Waals surface area (Å²) in [5.74, 6) is -18.1. The number of carboxylic acid groups (broad SMARTS) is 3. The quantitative estimate of drug-likeness (QED) is 0.0161. The number of aromatic nitrogens is 2. The molecule has 2 heterocycles. The van der Waals surface area contributed by atoms with Crippen LogP contribution in [0, 0.1) is 23.7 Å². The van der Waals surface area contributed by atoms with E-state index in [1.54, 1.807) is 82.3 Å². The number of unbranched alkanes of at least 4 members (excludes halogenated alkanes) is 1. The molecule has 3 aromatic carbocycles. The summed E-state index contributed by atoms with van der Waals surface area (Å²) in [7, 11) is 0. The highest BCUT2D eigenvalue weighted by molar-refractivity contribution is 8.14. The number of nitrogens with zero attached hydrogens (tertiary/aromatic N) is 2. The van der Waals surface area contributed by atoms with E-state index >= 15 is 0 Å². The van der Waals surface area contributed by atoms with E-state index in [-0.39, 0.29) is 117 Å². The molecule has 0 spiro atoms. The third-order valence-electron chi connectivity index (χ3n) is 19.8. The van der Waals surface area contributed by atoms with E-state index in [9.17, 15) is 102 Å². The summed E-state index contributed by atoms with van der Waals surface area (Å²) in [4.78, 5) is 225. The molecule has 0 aliphatic carbocycles. The van der Waals surface area contributed by atoms with Crippen LogP contribution in [0.1, 0.15) is 171 Å². The smallest absolute Gasteiger partial charge is 0.344 e. The molecule has 4 aromatic rings. The maximum absolute atomic E-state index is 14.8. The van der Waals surface area contributed by atoms with E-state index in [0.717, 1.165) is 6.42 Å². The Hall–Kier alpha value is -12.1. The first-order chi connectivity index (χ1) is 57.9. The molecule has 0 bridgehead atoms. The Morgan fingerprint density at radius 2 is 0.943 bits per heavy atom. The maximum Gasteiger partial charge on any atom is 0.344 e. The minimum absolute atomic E-state index is 0.0314. The summed E-state index contributed by atoms with van der Waals surface area (Å²) < 4.78 is 9.43. The molecule has 5 rings (SSSR count). The number of phenolic OH excluding ortho intramolecular Hbond substituents is 2. The molecule has 40 nitrogen and oxygen atoms in total. The Labute approximate surface area is 710 Å². The third kappa shape index (κ3) is 34.9. The van der Waals surface area contributed by atoms with Crippen LogP contribution in [0.4, 0.5) is 0 Å². The number of ether oxygens (including phenoxy) is 2. The van der Waals surface area contributed by atoms with E-state index in [4.69, 9.17) is 32.4 Å². The number of H-pyrrole nitrogens is 1. The Bertz CT molecular complexity index is 4160. The maximum atomic E-state index is 14.8. The molecule has 0 saturated carbocycles. The zero-order valence-corrected chi connectivity index (χ0v) is 70.3. The van der Waals surface area contributed by atoms with Crippen molar-refractivity contribution in [3.8, 4) is 11.5 Å². The van der Waals surface area contributed by atoms with Gasteiger partial charge in [-0.3, -0.25) is 67.3 Å². The molecule has 0 fully saturated rings. The lowest BCUT2D eigenvalue weighted by Gasteiger charge is -2.30. The number of carbonyl (C=O) groups is 16. The fourth-order valence-electron chi connectivity index (χ4n) is 12.1. The van der Waals surface area contributed by atoms with Crippen LogP contribution >= 0.6 is 11.8 Å². The third-order valence-corrected chi connectivity index (χ3v) is 21.0. The first-order valence-corrected chi connectivity index (χ1v) is 41.1. The zero-order chi connectivity index (χ0) is 90.9. The van der Waals surface area contributed by atoms with Crippen LogP contribution in [0.2, 0.25) is 0 Å². The summed E-state index contributed by atoms with van der Waals surface area (Å²) >= 11 is 1.36. The molecule has 0 radical (unpaired) electrons. The standard InChI is InChI=1S/C66H105N17O17S.C15H12O6/c1-9-35(6)52(70)65-81-48(32-101-65)62(96)76-43(26-34(4)5)58(92)74-42(22-23-50(85)86)57(91)83-53(36(7)10-2)63(97)75-40(20-15-16-24-67)55(89)73-41(21-17-25-68)56(90)82-54(37(8)11-3)64(98)79-44(27-38-18-13-12-14-19-38)59(93)77-45(28-39-31-71-33-72-39)60(94)78-46(30-51(87)88)61(95)80-47(66(99)100)29-49(69)84;16-12-7-3-1-5-10(12)14(18)20-9-21-15(19)11-6-2-4-8-13(11)17/h12-14,18-19,31,33-37,40-48,52-54H,9-11,15-17,20-30,32,67-68,70H2,1-8H3,(H2,69,84)(H,71,72)(H,73,89)(H,74,92)(H,75,97)(H,76,96)(H,77,93)(H,78,94)(H,79,98)(H,80,95)(H,82,90)(H,83,91)(H,85,86)(H,87,88)(H,99,100);1-8,16-17H,9H2/t35?,36-,37-,40-,41+,42+,43-,44+,45-,46+,47-,48?,52?,53-,54-;/m0./s1. The minimum Gasteiger partial charge on any atom is -0.507 e. The normalized spacial score (nSPS) is 15.7. The predicted molar refractivity (Wildman–Crippen MR) is 445 cm³/mol. The molecule has 122 heavy (non-hydrogen) atoms. The van der Waals surface area contributed by atoms with Crippen LogP contribution in [0.5, 0.6) is 11.5 Å². The van der Waals surface area contributed by atoms with Crippen molar-refractivity contribution in [2.75, 3.05) is 25.6 Å². The van der Waals surface area contributed by atoms with Gasteiger partial charge in [-0.15, -0.1) is 11.8 Å². The number of imidazole rings is 1. The van der Waals surface area contributed by atoms with Gasteiger partial charge in [0, 0.05) is 36.9 Å². The first kappa shape index (κ1) is 102. The lowest BCUT2D eigenvalue weighted by Crippen LogP contribution is -2.62. The number of hydrogen-bond acceptors (Lipinski definition) is 26. The van der Waals surface area contributed by atoms with Gasteiger partial charge in [0.25, 0.3) is 0 Å². The van der Waals surface area contributed by atoms with Crippen molar-refractivity contribution in [1.29, 1.82) is 0 Å². The van der Waals surface area contributed by atoms with E-state index in [1.165, 1.54) is 48.6 Å². The molecular formula is C81H117N17O23S. The van der Waals surface area contributed by atoms with Gasteiger partial charge in [-0.05, 0) is 112 Å². The van der Waals surface area contributed by atoms with Crippen molar-refractivity contribution in [3.63, 3.8) is 0 Å². The van der Waals surface area contributed by atoms with Crippen LogP contribution in [0.25, 0.3) is 0 Å². The van der Waals surface area contributed by atoms with E-state index < -0.39 is 206 Å². The number of nitrogens with two attached hydrogens (primary N) is 4. The van der Waals surface area contributed by atoms with Gasteiger partial charge < -0.3 is 116 Å². The average Bonchev–Trinajstić information content (AvgIpc) is 1.45. The lowest BCUT2D eigenvalue weighted by molar-refractivity contribution is -0.145. The fraction of sp³-hybridized carbons (Fsp3) is 0.531. The summed E-state index contributed by atoms with van der Waals surface area (Å²) in [6.07, 6.45) is 1.17. The van der Waals surface area contributed by atoms with Gasteiger partial charge in [0.05, 0.1) is 30.3 Å². The van der Waals surface area contributed by atoms with Crippen molar-refractivity contribution in [2.45, 2.75) is 224 Å². The number of primary amides is 1.